The van der Waals surface area contributed by atoms with Gasteiger partial charge >= 0.3 is 0 Å². The van der Waals surface area contributed by atoms with Crippen LogP contribution in [-0.4, -0.2) is 34.6 Å². The predicted molar refractivity (Wildman–Crippen MR) is 109 cm³/mol. The fraction of sp³-hybridized carbons (Fsp3) is 0.409. The van der Waals surface area contributed by atoms with Crippen LogP contribution in [0.15, 0.2) is 41.4 Å². The molecule has 1 aromatic carbocycles. The summed E-state index contributed by atoms with van der Waals surface area (Å²) in [7, 11) is 0. The minimum atomic E-state index is 0.129. The lowest BCUT2D eigenvalue weighted by atomic mass is 9.92. The molecule has 0 saturated carbocycles. The van der Waals surface area contributed by atoms with Gasteiger partial charge in [-0.25, -0.2) is 4.98 Å². The fourth-order valence-electron chi connectivity index (χ4n) is 3.61. The summed E-state index contributed by atoms with van der Waals surface area (Å²) in [5, 5.41) is 10.0. The van der Waals surface area contributed by atoms with E-state index in [0.29, 0.717) is 28.2 Å². The average Bonchev–Trinajstić information content (AvgIpc) is 2.65. The van der Waals surface area contributed by atoms with E-state index in [4.69, 9.17) is 0 Å². The molecule has 0 N–H and O–H groups in total. The van der Waals surface area contributed by atoms with Crippen molar-refractivity contribution in [2.45, 2.75) is 32.2 Å². The zero-order valence-corrected chi connectivity index (χ0v) is 16.9. The second kappa shape index (κ2) is 8.58. The Balaban J connectivity index is 1.73. The Bertz CT molecular complexity index is 847. The summed E-state index contributed by atoms with van der Waals surface area (Å²) in [5.74, 6) is 1.53. The average molecular weight is 380 g/mol. The van der Waals surface area contributed by atoms with E-state index < -0.39 is 0 Å². The molecule has 3 rings (SSSR count). The van der Waals surface area contributed by atoms with Gasteiger partial charge in [0.25, 0.3) is 0 Å². The van der Waals surface area contributed by atoms with Gasteiger partial charge in [-0.3, -0.25) is 4.79 Å². The molecule has 1 fully saturated rings. The van der Waals surface area contributed by atoms with Gasteiger partial charge in [0.15, 0.2) is 0 Å². The van der Waals surface area contributed by atoms with Crippen LogP contribution >= 0.6 is 11.8 Å². The number of benzene rings is 1. The van der Waals surface area contributed by atoms with Crippen LogP contribution in [0, 0.1) is 30.1 Å². The number of thioether (sulfide) groups is 1. The van der Waals surface area contributed by atoms with Crippen LogP contribution in [0.2, 0.25) is 0 Å². The number of piperidine rings is 1. The quantitative estimate of drug-likeness (QED) is 0.733. The third-order valence-electron chi connectivity index (χ3n) is 4.88. The van der Waals surface area contributed by atoms with Gasteiger partial charge in [0.1, 0.15) is 11.1 Å². The third kappa shape index (κ3) is 4.90. The Kier molecular flexibility index (Phi) is 6.18. The minimum Gasteiger partial charge on any atom is -0.341 e. The molecule has 0 bridgehead atoms. The molecular formula is C22H25N3OS. The highest BCUT2D eigenvalue weighted by Crippen LogP contribution is 2.27. The molecule has 5 heteroatoms. The highest BCUT2D eigenvalue weighted by molar-refractivity contribution is 8.00. The number of carbonyl (C=O) groups is 1. The molecule has 2 aromatic rings. The summed E-state index contributed by atoms with van der Waals surface area (Å²) in [4.78, 5) is 19.3. The lowest BCUT2D eigenvalue weighted by Crippen LogP contribution is -2.43. The first kappa shape index (κ1) is 19.4. The lowest BCUT2D eigenvalue weighted by Gasteiger charge is -2.35. The molecule has 2 heterocycles. The smallest absolute Gasteiger partial charge is 0.233 e. The van der Waals surface area contributed by atoms with E-state index >= 15 is 0 Å². The Hall–Kier alpha value is -2.32. The zero-order chi connectivity index (χ0) is 19.4. The van der Waals surface area contributed by atoms with Gasteiger partial charge in [-0.2, -0.15) is 5.26 Å². The number of hydrogen-bond acceptors (Lipinski definition) is 4. The molecule has 1 saturated heterocycles. The number of carbonyl (C=O) groups excluding carboxylic acids is 1. The molecule has 1 aliphatic rings. The molecule has 0 unspecified atom stereocenters. The molecule has 2 atom stereocenters. The molecule has 140 valence electrons. The van der Waals surface area contributed by atoms with E-state index in [1.54, 1.807) is 6.07 Å². The van der Waals surface area contributed by atoms with Gasteiger partial charge in [0.05, 0.1) is 17.0 Å². The van der Waals surface area contributed by atoms with E-state index in [9.17, 15) is 10.1 Å². The second-order valence-corrected chi connectivity index (χ2v) is 8.52. The fourth-order valence-corrected chi connectivity index (χ4v) is 4.48. The topological polar surface area (TPSA) is 57.0 Å². The normalized spacial score (nSPS) is 19.6. The van der Waals surface area contributed by atoms with Crippen LogP contribution in [-0.2, 0) is 4.79 Å². The summed E-state index contributed by atoms with van der Waals surface area (Å²) in [6.45, 7) is 8.09. The van der Waals surface area contributed by atoms with Crippen molar-refractivity contribution in [3.8, 4) is 17.3 Å². The second-order valence-electron chi connectivity index (χ2n) is 7.56. The SMILES string of the molecule is Cc1ccc(-c2ccc(C#N)c(SCC(=O)N3C[C@H](C)C[C@H](C)C3)n2)cc1. The van der Waals surface area contributed by atoms with Crippen LogP contribution in [0.5, 0.6) is 0 Å². The van der Waals surface area contributed by atoms with Crippen LogP contribution in [0.3, 0.4) is 0 Å². The Labute approximate surface area is 165 Å². The van der Waals surface area contributed by atoms with Crippen LogP contribution in [0.4, 0.5) is 0 Å². The maximum atomic E-state index is 12.6. The number of rotatable bonds is 4. The maximum Gasteiger partial charge on any atom is 0.233 e. The van der Waals surface area contributed by atoms with E-state index in [1.807, 2.05) is 42.2 Å². The van der Waals surface area contributed by atoms with Gasteiger partial charge in [0, 0.05) is 18.7 Å². The van der Waals surface area contributed by atoms with E-state index in [2.05, 4.69) is 24.9 Å². The minimum absolute atomic E-state index is 0.129. The number of aryl methyl sites for hydroxylation is 1. The van der Waals surface area contributed by atoms with Crippen molar-refractivity contribution in [2.24, 2.45) is 11.8 Å². The maximum absolute atomic E-state index is 12.6. The van der Waals surface area contributed by atoms with Crippen molar-refractivity contribution < 1.29 is 4.79 Å². The zero-order valence-electron chi connectivity index (χ0n) is 16.1. The largest absolute Gasteiger partial charge is 0.341 e. The van der Waals surface area contributed by atoms with E-state index in [0.717, 1.165) is 24.3 Å². The Morgan fingerprint density at radius 3 is 2.48 bits per heavy atom. The van der Waals surface area contributed by atoms with Crippen molar-refractivity contribution in [1.29, 1.82) is 5.26 Å². The summed E-state index contributed by atoms with van der Waals surface area (Å²) < 4.78 is 0. The monoisotopic (exact) mass is 379 g/mol. The van der Waals surface area contributed by atoms with Crippen molar-refractivity contribution in [2.75, 3.05) is 18.8 Å². The van der Waals surface area contributed by atoms with Crippen LogP contribution in [0.25, 0.3) is 11.3 Å². The van der Waals surface area contributed by atoms with Crippen molar-refractivity contribution >= 4 is 17.7 Å². The number of nitriles is 1. The van der Waals surface area contributed by atoms with Crippen LogP contribution < -0.4 is 0 Å². The molecular weight excluding hydrogens is 354 g/mol. The van der Waals surface area contributed by atoms with Gasteiger partial charge in [-0.15, -0.1) is 0 Å². The number of aromatic nitrogens is 1. The highest BCUT2D eigenvalue weighted by Gasteiger charge is 2.25. The first-order valence-electron chi connectivity index (χ1n) is 9.35. The van der Waals surface area contributed by atoms with E-state index in [-0.39, 0.29) is 5.91 Å². The van der Waals surface area contributed by atoms with Gasteiger partial charge < -0.3 is 4.90 Å². The van der Waals surface area contributed by atoms with Crippen molar-refractivity contribution in [1.82, 2.24) is 9.88 Å². The summed E-state index contributed by atoms with van der Waals surface area (Å²) in [6, 6.07) is 14.0. The molecule has 1 amide bonds. The summed E-state index contributed by atoms with van der Waals surface area (Å²) >= 11 is 1.36. The first-order chi connectivity index (χ1) is 13.0. The predicted octanol–water partition coefficient (Wildman–Crippen LogP) is 4.53. The standard InChI is InChI=1S/C22H25N3OS/c1-15-4-6-18(7-5-15)20-9-8-19(11-23)22(24-20)27-14-21(26)25-12-16(2)10-17(3)13-25/h4-9,16-17H,10,12-14H2,1-3H3/t16-,17+. The summed E-state index contributed by atoms with van der Waals surface area (Å²) in [6.07, 6.45) is 1.18. The third-order valence-corrected chi connectivity index (χ3v) is 5.86. The number of hydrogen-bond donors (Lipinski definition) is 0. The Morgan fingerprint density at radius 1 is 1.19 bits per heavy atom. The van der Waals surface area contributed by atoms with Crippen LogP contribution in [0.1, 0.15) is 31.4 Å². The number of nitrogens with zero attached hydrogens (tertiary/aromatic N) is 3. The number of likely N-dealkylation sites (tertiary alicyclic amines) is 1. The molecule has 4 nitrogen and oxygen atoms in total. The first-order valence-corrected chi connectivity index (χ1v) is 10.3. The van der Waals surface area contributed by atoms with Crippen molar-refractivity contribution in [3.63, 3.8) is 0 Å². The number of pyridine rings is 1. The van der Waals surface area contributed by atoms with Gasteiger partial charge in [-0.05, 0) is 37.3 Å². The molecule has 27 heavy (non-hydrogen) atoms. The van der Waals surface area contributed by atoms with Gasteiger partial charge in [-0.1, -0.05) is 55.4 Å². The van der Waals surface area contributed by atoms with E-state index in [1.165, 1.54) is 23.7 Å². The summed E-state index contributed by atoms with van der Waals surface area (Å²) in [5.41, 5.74) is 3.54. The molecule has 0 spiro atoms. The molecule has 0 aliphatic carbocycles. The highest BCUT2D eigenvalue weighted by atomic mass is 32.2. The lowest BCUT2D eigenvalue weighted by molar-refractivity contribution is -0.130. The Morgan fingerprint density at radius 2 is 1.85 bits per heavy atom. The molecule has 1 aromatic heterocycles. The van der Waals surface area contributed by atoms with Gasteiger partial charge in [0.2, 0.25) is 5.91 Å². The number of amides is 1. The molecule has 1 aliphatic heterocycles. The molecule has 0 radical (unpaired) electrons. The van der Waals surface area contributed by atoms with Crippen molar-refractivity contribution in [3.05, 3.63) is 47.5 Å².